The fraction of sp³-hybridized carbons (Fsp3) is 1.00. The Hall–Kier alpha value is -0.0800. The predicted octanol–water partition coefficient (Wildman–Crippen LogP) is 2.05. The van der Waals surface area contributed by atoms with Crippen molar-refractivity contribution in [1.82, 2.24) is 5.32 Å². The normalized spacial score (nSPS) is 8.73. The van der Waals surface area contributed by atoms with Gasteiger partial charge in [-0.25, -0.2) is 0 Å². The molecule has 0 unspecified atom stereocenters. The van der Waals surface area contributed by atoms with Crippen LogP contribution in [0, 0.1) is 0 Å². The molecule has 0 rings (SSSR count). The average molecular weight is 161 g/mol. The van der Waals surface area contributed by atoms with E-state index in [2.05, 4.69) is 12.2 Å². The summed E-state index contributed by atoms with van der Waals surface area (Å²) in [5, 5.41) is 3.26. The molecule has 0 aliphatic carbocycles. The van der Waals surface area contributed by atoms with E-state index in [-0.39, 0.29) is 0 Å². The monoisotopic (exact) mass is 161 g/mol. The van der Waals surface area contributed by atoms with Gasteiger partial charge in [0.2, 0.25) is 0 Å². The molecule has 0 aliphatic rings. The van der Waals surface area contributed by atoms with Crippen molar-refractivity contribution in [3.8, 4) is 0 Å². The lowest BCUT2D eigenvalue weighted by molar-refractivity contribution is 0.199. The molecule has 0 aromatic heterocycles. The van der Waals surface area contributed by atoms with Gasteiger partial charge in [-0.05, 0) is 13.0 Å². The number of unbranched alkanes of at least 4 members (excludes halogenated alkanes) is 1. The molecule has 70 valence electrons. The van der Waals surface area contributed by atoms with Crippen molar-refractivity contribution < 1.29 is 4.74 Å². The molecule has 0 saturated heterocycles. The van der Waals surface area contributed by atoms with E-state index in [9.17, 15) is 0 Å². The van der Waals surface area contributed by atoms with E-state index in [0.29, 0.717) is 0 Å². The maximum Gasteiger partial charge on any atom is 0.0587 e. The van der Waals surface area contributed by atoms with Crippen LogP contribution in [0.4, 0.5) is 0 Å². The van der Waals surface area contributed by atoms with E-state index in [4.69, 9.17) is 4.74 Å². The zero-order chi connectivity index (χ0) is 8.95. The van der Waals surface area contributed by atoms with Crippen LogP contribution in [-0.4, -0.2) is 26.8 Å². The lowest BCUT2D eigenvalue weighted by atomic mass is 10.3. The largest absolute Gasteiger partial charge is 0.383 e. The van der Waals surface area contributed by atoms with E-state index in [1.807, 2.05) is 13.8 Å². The van der Waals surface area contributed by atoms with Gasteiger partial charge in [-0.1, -0.05) is 27.2 Å². The molecular formula is C9H23NO. The highest BCUT2D eigenvalue weighted by Crippen LogP contribution is 1.80. The highest BCUT2D eigenvalue weighted by molar-refractivity contribution is 4.44. The molecule has 2 heteroatoms. The second-order valence-electron chi connectivity index (χ2n) is 2.10. The first kappa shape index (κ1) is 13.5. The summed E-state index contributed by atoms with van der Waals surface area (Å²) in [5.41, 5.74) is 0. The highest BCUT2D eigenvalue weighted by atomic mass is 16.5. The molecule has 0 amide bonds. The van der Waals surface area contributed by atoms with Gasteiger partial charge in [0.15, 0.2) is 0 Å². The summed E-state index contributed by atoms with van der Waals surface area (Å²) in [4.78, 5) is 0. The third kappa shape index (κ3) is 17.8. The molecule has 0 spiro atoms. The molecule has 1 N–H and O–H groups in total. The predicted molar refractivity (Wildman–Crippen MR) is 51.0 cm³/mol. The Morgan fingerprint density at radius 3 is 2.27 bits per heavy atom. The lowest BCUT2D eigenvalue weighted by Crippen LogP contribution is -2.19. The van der Waals surface area contributed by atoms with Gasteiger partial charge in [0.1, 0.15) is 0 Å². The van der Waals surface area contributed by atoms with Gasteiger partial charge >= 0.3 is 0 Å². The summed E-state index contributed by atoms with van der Waals surface area (Å²) in [5.74, 6) is 0. The maximum absolute atomic E-state index is 4.86. The van der Waals surface area contributed by atoms with Crippen LogP contribution in [0.15, 0.2) is 0 Å². The Morgan fingerprint density at radius 1 is 1.18 bits per heavy atom. The van der Waals surface area contributed by atoms with Crippen molar-refractivity contribution in [2.75, 3.05) is 26.8 Å². The summed E-state index contributed by atoms with van der Waals surface area (Å²) in [7, 11) is 1.72. The van der Waals surface area contributed by atoms with Crippen molar-refractivity contribution in [3.05, 3.63) is 0 Å². The van der Waals surface area contributed by atoms with Gasteiger partial charge in [0, 0.05) is 13.7 Å². The molecule has 11 heavy (non-hydrogen) atoms. The minimum atomic E-state index is 0.823. The fourth-order valence-corrected chi connectivity index (χ4v) is 0.601. The molecule has 0 heterocycles. The van der Waals surface area contributed by atoms with Crippen LogP contribution in [-0.2, 0) is 4.74 Å². The van der Waals surface area contributed by atoms with Crippen LogP contribution < -0.4 is 5.32 Å². The van der Waals surface area contributed by atoms with Crippen LogP contribution in [0.3, 0.4) is 0 Å². The number of hydrogen-bond acceptors (Lipinski definition) is 2. The molecular weight excluding hydrogens is 138 g/mol. The third-order valence-corrected chi connectivity index (χ3v) is 1.19. The smallest absolute Gasteiger partial charge is 0.0587 e. The summed E-state index contributed by atoms with van der Waals surface area (Å²) < 4.78 is 4.86. The Bertz CT molecular complexity index is 42.8. The van der Waals surface area contributed by atoms with Gasteiger partial charge in [0.25, 0.3) is 0 Å². The van der Waals surface area contributed by atoms with E-state index < -0.39 is 0 Å². The summed E-state index contributed by atoms with van der Waals surface area (Å²) in [6, 6.07) is 0. The standard InChI is InChI=1S/C7H17NO.C2H6/c1-3-4-5-8-6-7-9-2;1-2/h8H,3-7H2,1-2H3;1-2H3. The minimum Gasteiger partial charge on any atom is -0.383 e. The van der Waals surface area contributed by atoms with Crippen molar-refractivity contribution in [3.63, 3.8) is 0 Å². The second kappa shape index (κ2) is 16.5. The zero-order valence-corrected chi connectivity index (χ0v) is 8.44. The van der Waals surface area contributed by atoms with E-state index in [0.717, 1.165) is 19.7 Å². The first-order valence-electron chi connectivity index (χ1n) is 4.61. The molecule has 0 aromatic rings. The lowest BCUT2D eigenvalue weighted by Gasteiger charge is -2.00. The summed E-state index contributed by atoms with van der Waals surface area (Å²) >= 11 is 0. The van der Waals surface area contributed by atoms with Gasteiger partial charge in [-0.15, -0.1) is 0 Å². The van der Waals surface area contributed by atoms with Crippen LogP contribution in [0.25, 0.3) is 0 Å². The molecule has 2 nitrogen and oxygen atoms in total. The second-order valence-corrected chi connectivity index (χ2v) is 2.10. The van der Waals surface area contributed by atoms with Gasteiger partial charge in [0.05, 0.1) is 6.61 Å². The molecule has 0 aliphatic heterocycles. The van der Waals surface area contributed by atoms with E-state index in [1.54, 1.807) is 7.11 Å². The number of rotatable bonds is 6. The average Bonchev–Trinajstić information content (AvgIpc) is 2.08. The Labute approximate surface area is 71.3 Å². The van der Waals surface area contributed by atoms with Gasteiger partial charge < -0.3 is 10.1 Å². The molecule has 0 saturated carbocycles. The van der Waals surface area contributed by atoms with Crippen LogP contribution >= 0.6 is 0 Å². The topological polar surface area (TPSA) is 21.3 Å². The zero-order valence-electron chi connectivity index (χ0n) is 8.44. The summed E-state index contributed by atoms with van der Waals surface area (Å²) in [6.07, 6.45) is 2.53. The van der Waals surface area contributed by atoms with Crippen LogP contribution in [0.2, 0.25) is 0 Å². The number of ether oxygens (including phenoxy) is 1. The fourth-order valence-electron chi connectivity index (χ4n) is 0.601. The third-order valence-electron chi connectivity index (χ3n) is 1.19. The first-order valence-corrected chi connectivity index (χ1v) is 4.61. The van der Waals surface area contributed by atoms with Crippen molar-refractivity contribution in [2.24, 2.45) is 0 Å². The van der Waals surface area contributed by atoms with Crippen molar-refractivity contribution in [1.29, 1.82) is 0 Å². The van der Waals surface area contributed by atoms with Crippen molar-refractivity contribution in [2.45, 2.75) is 33.6 Å². The molecule has 0 radical (unpaired) electrons. The number of nitrogens with one attached hydrogen (secondary N) is 1. The van der Waals surface area contributed by atoms with Crippen LogP contribution in [0.5, 0.6) is 0 Å². The minimum absolute atomic E-state index is 0.823. The van der Waals surface area contributed by atoms with Gasteiger partial charge in [-0.2, -0.15) is 0 Å². The van der Waals surface area contributed by atoms with Crippen molar-refractivity contribution >= 4 is 0 Å². The highest BCUT2D eigenvalue weighted by Gasteiger charge is 1.83. The number of hydrogen-bond donors (Lipinski definition) is 1. The van der Waals surface area contributed by atoms with E-state index in [1.165, 1.54) is 12.8 Å². The first-order chi connectivity index (χ1) is 5.41. The summed E-state index contributed by atoms with van der Waals surface area (Å²) in [6.45, 7) is 9.12. The quantitative estimate of drug-likeness (QED) is 0.602. The molecule has 0 aromatic carbocycles. The Morgan fingerprint density at radius 2 is 1.82 bits per heavy atom. The SMILES string of the molecule is CC.CCCCNCCOC. The number of methoxy groups -OCH3 is 1. The van der Waals surface area contributed by atoms with Crippen LogP contribution in [0.1, 0.15) is 33.6 Å². The maximum atomic E-state index is 4.86. The van der Waals surface area contributed by atoms with E-state index >= 15 is 0 Å². The Balaban J connectivity index is 0. The Kier molecular flexibility index (Phi) is 20.2. The van der Waals surface area contributed by atoms with Gasteiger partial charge in [-0.3, -0.25) is 0 Å². The molecule has 0 fully saturated rings. The molecule has 0 bridgehead atoms. The molecule has 0 atom stereocenters.